The van der Waals surface area contributed by atoms with E-state index in [0.717, 1.165) is 18.8 Å². The molecule has 3 nitrogen and oxygen atoms in total. The van der Waals surface area contributed by atoms with Crippen LogP contribution in [0.5, 0.6) is 5.75 Å². The molecule has 0 aromatic heterocycles. The monoisotopic (exact) mass is 391 g/mol. The fraction of sp³-hybridized carbons (Fsp3) is 0.562. The van der Waals surface area contributed by atoms with Gasteiger partial charge in [-0.25, -0.2) is 0 Å². The molecular formula is C16H26INO2. The van der Waals surface area contributed by atoms with Crippen molar-refractivity contribution >= 4 is 26.1 Å². The van der Waals surface area contributed by atoms with Crippen LogP contribution in [0, 0.1) is 0 Å². The molecule has 0 aliphatic heterocycles. The minimum atomic E-state index is -1.59. The van der Waals surface area contributed by atoms with E-state index in [4.69, 9.17) is 3.07 Å². The molecule has 0 aliphatic rings. The Morgan fingerprint density at radius 2 is 1.75 bits per heavy atom. The maximum atomic E-state index is 12.5. The van der Waals surface area contributed by atoms with Crippen LogP contribution in [0.3, 0.4) is 0 Å². The van der Waals surface area contributed by atoms with Crippen LogP contribution >= 0.6 is 20.2 Å². The first-order valence-electron chi connectivity index (χ1n) is 6.98. The van der Waals surface area contributed by atoms with E-state index in [1.807, 2.05) is 43.0 Å². The van der Waals surface area contributed by atoms with E-state index in [2.05, 4.69) is 25.7 Å². The molecule has 1 aromatic rings. The third-order valence-electron chi connectivity index (χ3n) is 3.17. The zero-order chi connectivity index (χ0) is 15.3. The number of amides is 1. The van der Waals surface area contributed by atoms with Gasteiger partial charge < -0.3 is 0 Å². The first-order valence-corrected chi connectivity index (χ1v) is 11.1. The molecule has 20 heavy (non-hydrogen) atoms. The summed E-state index contributed by atoms with van der Waals surface area (Å²) in [5, 5.41) is 0. The number of para-hydroxylation sites is 1. The number of carbonyl (C=O) groups excluding carboxylic acids is 1. The third-order valence-corrected chi connectivity index (χ3v) is 8.86. The van der Waals surface area contributed by atoms with Crippen LogP contribution in [-0.4, -0.2) is 32.2 Å². The molecule has 0 fully saturated rings. The Kier molecular flexibility index (Phi) is 6.30. The number of rotatable bonds is 5. The molecule has 0 N–H and O–H groups in total. The molecule has 0 saturated carbocycles. The van der Waals surface area contributed by atoms with Gasteiger partial charge in [0, 0.05) is 0 Å². The number of alkyl halides is 2. The summed E-state index contributed by atoms with van der Waals surface area (Å²) in [7, 11) is 0. The Bertz CT molecular complexity index is 450. The summed E-state index contributed by atoms with van der Waals surface area (Å²) in [6, 6.07) is 7.61. The normalized spacial score (nSPS) is 12.0. The Hall–Kier alpha value is -0.780. The molecule has 0 saturated heterocycles. The second-order valence-corrected chi connectivity index (χ2v) is 11.6. The number of benzene rings is 1. The average molecular weight is 391 g/mol. The molecular weight excluding hydrogens is 365 g/mol. The van der Waals surface area contributed by atoms with Crippen molar-refractivity contribution in [1.82, 2.24) is 4.90 Å². The Morgan fingerprint density at radius 3 is 2.25 bits per heavy atom. The standard InChI is InChI=1S/C16H26INO2/c1-7-18(8-2)15(19)13-11-9-10-12-14(13)20-17(6)16(3,4)5/h9-12H,7-8H2,1-6H3. The predicted molar refractivity (Wildman–Crippen MR) is 94.0 cm³/mol. The molecule has 1 amide bonds. The van der Waals surface area contributed by atoms with Gasteiger partial charge >= 0.3 is 131 Å². The fourth-order valence-electron chi connectivity index (χ4n) is 1.63. The fourth-order valence-corrected chi connectivity index (χ4v) is 3.39. The van der Waals surface area contributed by atoms with E-state index in [1.165, 1.54) is 0 Å². The Morgan fingerprint density at radius 1 is 1.20 bits per heavy atom. The summed E-state index contributed by atoms with van der Waals surface area (Å²) in [5.41, 5.74) is 0.685. The predicted octanol–water partition coefficient (Wildman–Crippen LogP) is 4.40. The molecule has 114 valence electrons. The summed E-state index contributed by atoms with van der Waals surface area (Å²) in [4.78, 5) is 16.5. The van der Waals surface area contributed by atoms with Crippen molar-refractivity contribution in [2.24, 2.45) is 0 Å². The molecule has 1 rings (SSSR count). The zero-order valence-corrected chi connectivity index (χ0v) is 15.5. The van der Waals surface area contributed by atoms with Crippen molar-refractivity contribution < 1.29 is 7.86 Å². The first kappa shape index (κ1) is 17.3. The number of hydrogen-bond donors (Lipinski definition) is 0. The maximum absolute atomic E-state index is 12.5. The van der Waals surface area contributed by atoms with E-state index >= 15 is 0 Å². The van der Waals surface area contributed by atoms with E-state index in [9.17, 15) is 4.79 Å². The van der Waals surface area contributed by atoms with Gasteiger partial charge in [0.05, 0.1) is 0 Å². The molecule has 4 heteroatoms. The van der Waals surface area contributed by atoms with E-state index < -0.39 is 20.2 Å². The summed E-state index contributed by atoms with van der Waals surface area (Å²) in [6.45, 7) is 12.0. The van der Waals surface area contributed by atoms with Crippen LogP contribution in [0.25, 0.3) is 0 Å². The van der Waals surface area contributed by atoms with Crippen molar-refractivity contribution in [2.45, 2.75) is 38.0 Å². The van der Waals surface area contributed by atoms with Gasteiger partial charge in [-0.1, -0.05) is 0 Å². The van der Waals surface area contributed by atoms with Crippen LogP contribution in [0.15, 0.2) is 24.3 Å². The van der Waals surface area contributed by atoms with E-state index in [0.29, 0.717) is 5.56 Å². The van der Waals surface area contributed by atoms with Gasteiger partial charge in [0.15, 0.2) is 0 Å². The SMILES string of the molecule is CCN(CC)C(=O)c1ccccc1OI(C)C(C)(C)C. The molecule has 0 radical (unpaired) electrons. The van der Waals surface area contributed by atoms with Crippen molar-refractivity contribution in [2.75, 3.05) is 18.0 Å². The molecule has 0 heterocycles. The van der Waals surface area contributed by atoms with Gasteiger partial charge in [-0.15, -0.1) is 0 Å². The van der Waals surface area contributed by atoms with Crippen molar-refractivity contribution in [3.63, 3.8) is 0 Å². The third kappa shape index (κ3) is 4.36. The van der Waals surface area contributed by atoms with Gasteiger partial charge in [0.25, 0.3) is 0 Å². The Balaban J connectivity index is 3.02. The van der Waals surface area contributed by atoms with Crippen LogP contribution in [-0.2, 0) is 0 Å². The van der Waals surface area contributed by atoms with Crippen LogP contribution in [0.2, 0.25) is 0 Å². The van der Waals surface area contributed by atoms with Crippen molar-refractivity contribution in [3.8, 4) is 5.75 Å². The summed E-state index contributed by atoms with van der Waals surface area (Å²) >= 11 is -1.59. The average Bonchev–Trinajstić information content (AvgIpc) is 2.39. The van der Waals surface area contributed by atoms with Crippen molar-refractivity contribution in [1.29, 1.82) is 0 Å². The van der Waals surface area contributed by atoms with Gasteiger partial charge in [-0.3, -0.25) is 0 Å². The number of carbonyl (C=O) groups is 1. The van der Waals surface area contributed by atoms with E-state index in [-0.39, 0.29) is 9.33 Å². The molecule has 1 aromatic carbocycles. The zero-order valence-electron chi connectivity index (χ0n) is 13.4. The van der Waals surface area contributed by atoms with Crippen molar-refractivity contribution in [3.05, 3.63) is 29.8 Å². The van der Waals surface area contributed by atoms with E-state index in [1.54, 1.807) is 0 Å². The summed E-state index contributed by atoms with van der Waals surface area (Å²) in [5.74, 6) is 0.802. The Labute approximate surface area is 130 Å². The topological polar surface area (TPSA) is 29.5 Å². The van der Waals surface area contributed by atoms with Gasteiger partial charge in [-0.05, 0) is 0 Å². The first-order chi connectivity index (χ1) is 9.31. The van der Waals surface area contributed by atoms with Crippen LogP contribution in [0.1, 0.15) is 45.0 Å². The molecule has 0 bridgehead atoms. The quantitative estimate of drug-likeness (QED) is 0.550. The second-order valence-electron chi connectivity index (χ2n) is 5.54. The van der Waals surface area contributed by atoms with Gasteiger partial charge in [-0.2, -0.15) is 0 Å². The number of nitrogens with zero attached hydrogens (tertiary/aromatic N) is 1. The molecule has 0 unspecified atom stereocenters. The number of hydrogen-bond acceptors (Lipinski definition) is 2. The minimum absolute atomic E-state index is 0.0591. The van der Waals surface area contributed by atoms with Gasteiger partial charge in [0.1, 0.15) is 0 Å². The summed E-state index contributed by atoms with van der Waals surface area (Å²) in [6.07, 6.45) is 0. The molecule has 0 aliphatic carbocycles. The summed E-state index contributed by atoms with van der Waals surface area (Å²) < 4.78 is 6.37. The second kappa shape index (κ2) is 7.29. The van der Waals surface area contributed by atoms with Crippen LogP contribution < -0.4 is 3.07 Å². The van der Waals surface area contributed by atoms with Gasteiger partial charge in [0.2, 0.25) is 0 Å². The molecule has 0 atom stereocenters. The van der Waals surface area contributed by atoms with Crippen LogP contribution in [0.4, 0.5) is 0 Å². The molecule has 0 spiro atoms. The number of halogens is 1.